The fourth-order valence-corrected chi connectivity index (χ4v) is 3.84. The van der Waals surface area contributed by atoms with Gasteiger partial charge in [0.25, 0.3) is 5.91 Å². The molecule has 0 saturated heterocycles. The third-order valence-corrected chi connectivity index (χ3v) is 5.06. The highest BCUT2D eigenvalue weighted by molar-refractivity contribution is 7.16. The molecule has 0 saturated carbocycles. The number of aromatic nitrogens is 3. The summed E-state index contributed by atoms with van der Waals surface area (Å²) in [5.41, 5.74) is 2.27. The van der Waals surface area contributed by atoms with Crippen molar-refractivity contribution < 1.29 is 9.18 Å². The van der Waals surface area contributed by atoms with Gasteiger partial charge in [-0.25, -0.2) is 9.37 Å². The highest BCUT2D eigenvalue weighted by Crippen LogP contribution is 2.27. The summed E-state index contributed by atoms with van der Waals surface area (Å²) in [6.45, 7) is 1.79. The topological polar surface area (TPSA) is 83.6 Å². The van der Waals surface area contributed by atoms with Gasteiger partial charge in [0.1, 0.15) is 16.5 Å². The molecule has 0 atom stereocenters. The second-order valence-corrected chi connectivity index (χ2v) is 7.43. The largest absolute Gasteiger partial charge is 0.311 e. The van der Waals surface area contributed by atoms with Crippen LogP contribution in [0, 0.1) is 24.1 Å². The summed E-state index contributed by atoms with van der Waals surface area (Å²) in [7, 11) is 1.65. The van der Waals surface area contributed by atoms with Crippen molar-refractivity contribution >= 4 is 33.8 Å². The number of benzene rings is 1. The molecule has 3 aromatic rings. The summed E-state index contributed by atoms with van der Waals surface area (Å²) in [6, 6.07) is 7.94. The minimum absolute atomic E-state index is 0.140. The Morgan fingerprint density at radius 2 is 2.19 bits per heavy atom. The Bertz CT molecular complexity index is 1030. The van der Waals surface area contributed by atoms with E-state index in [0.29, 0.717) is 39.1 Å². The minimum atomic E-state index is -0.399. The van der Waals surface area contributed by atoms with Crippen LogP contribution in [0.1, 0.15) is 32.4 Å². The molecule has 1 amide bonds. The molecule has 2 aromatic heterocycles. The zero-order chi connectivity index (χ0) is 19.6. The highest BCUT2D eigenvalue weighted by atomic mass is 35.5. The van der Waals surface area contributed by atoms with Crippen molar-refractivity contribution in [2.45, 2.75) is 19.8 Å². The Morgan fingerprint density at radius 3 is 2.89 bits per heavy atom. The quantitative estimate of drug-likeness (QED) is 0.700. The molecule has 0 radical (unpaired) electrons. The van der Waals surface area contributed by atoms with Crippen LogP contribution in [0.25, 0.3) is 0 Å². The summed E-state index contributed by atoms with van der Waals surface area (Å²) in [6.07, 6.45) is 0.554. The Morgan fingerprint density at radius 1 is 1.41 bits per heavy atom. The lowest BCUT2D eigenvalue weighted by molar-refractivity contribution is 0.101. The maximum Gasteiger partial charge on any atom is 0.274 e. The van der Waals surface area contributed by atoms with E-state index in [2.05, 4.69) is 15.4 Å². The molecule has 0 aliphatic carbocycles. The first-order valence-electron chi connectivity index (χ1n) is 7.98. The maximum atomic E-state index is 13.5. The molecule has 0 fully saturated rings. The first-order chi connectivity index (χ1) is 12.9. The average molecular weight is 404 g/mol. The van der Waals surface area contributed by atoms with Crippen LogP contribution in [-0.4, -0.2) is 20.7 Å². The molecule has 0 spiro atoms. The molecular weight excluding hydrogens is 389 g/mol. The highest BCUT2D eigenvalue weighted by Gasteiger charge is 2.17. The summed E-state index contributed by atoms with van der Waals surface area (Å²) in [5.74, 6) is -0.732. The minimum Gasteiger partial charge on any atom is -0.311 e. The second-order valence-electron chi connectivity index (χ2n) is 5.91. The summed E-state index contributed by atoms with van der Waals surface area (Å²) < 4.78 is 14.9. The van der Waals surface area contributed by atoms with Gasteiger partial charge in [-0.05, 0) is 36.8 Å². The van der Waals surface area contributed by atoms with Gasteiger partial charge in [-0.1, -0.05) is 11.6 Å². The smallest absolute Gasteiger partial charge is 0.274 e. The number of carbonyl (C=O) groups is 1. The standard InChI is InChI=1S/C18H15ClFN5OS/c1-10-18(23-17(26)15-9-14(3-4-21)24-25(15)2)27-16(22-10)7-11-5-12(19)8-13(20)6-11/h5-6,8-9H,3,7H2,1-2H3,(H,23,26). The lowest BCUT2D eigenvalue weighted by Crippen LogP contribution is -2.15. The predicted octanol–water partition coefficient (Wildman–Crippen LogP) is 3.89. The number of hydrogen-bond acceptors (Lipinski definition) is 5. The number of thiazole rings is 1. The fourth-order valence-electron chi connectivity index (χ4n) is 2.61. The summed E-state index contributed by atoms with van der Waals surface area (Å²) >= 11 is 7.21. The Labute approximate surface area is 164 Å². The first kappa shape index (κ1) is 19.0. The number of rotatable bonds is 5. The molecule has 0 aliphatic rings. The normalized spacial score (nSPS) is 10.6. The van der Waals surface area contributed by atoms with Gasteiger partial charge in [0.15, 0.2) is 0 Å². The van der Waals surface area contributed by atoms with Crippen molar-refractivity contribution in [3.63, 3.8) is 0 Å². The number of hydrogen-bond donors (Lipinski definition) is 1. The van der Waals surface area contributed by atoms with Crippen LogP contribution < -0.4 is 5.32 Å². The Kier molecular flexibility index (Phi) is 5.54. The molecule has 0 unspecified atom stereocenters. The third-order valence-electron chi connectivity index (χ3n) is 3.77. The molecule has 2 heterocycles. The van der Waals surface area contributed by atoms with Crippen LogP contribution in [0.15, 0.2) is 24.3 Å². The van der Waals surface area contributed by atoms with Gasteiger partial charge in [0.2, 0.25) is 0 Å². The molecule has 1 N–H and O–H groups in total. The fraction of sp³-hybridized carbons (Fsp3) is 0.222. The molecular formula is C18H15ClFN5OS. The molecule has 0 aliphatic heterocycles. The first-order valence-corrected chi connectivity index (χ1v) is 9.17. The van der Waals surface area contributed by atoms with Crippen LogP contribution in [0.4, 0.5) is 9.39 Å². The lowest BCUT2D eigenvalue weighted by atomic mass is 10.1. The molecule has 3 rings (SSSR count). The second kappa shape index (κ2) is 7.86. The van der Waals surface area contributed by atoms with E-state index in [1.807, 2.05) is 6.07 Å². The van der Waals surface area contributed by atoms with E-state index in [1.165, 1.54) is 28.2 Å². The molecule has 1 aromatic carbocycles. The molecule has 27 heavy (non-hydrogen) atoms. The van der Waals surface area contributed by atoms with Crippen molar-refractivity contribution in [3.05, 3.63) is 62.8 Å². The average Bonchev–Trinajstić information content (AvgIpc) is 3.09. The zero-order valence-corrected chi connectivity index (χ0v) is 16.2. The Hall–Kier alpha value is -2.76. The number of amides is 1. The number of nitrogens with one attached hydrogen (secondary N) is 1. The van der Waals surface area contributed by atoms with E-state index in [0.717, 1.165) is 5.01 Å². The van der Waals surface area contributed by atoms with E-state index in [4.69, 9.17) is 16.9 Å². The number of aryl methyl sites for hydroxylation is 2. The van der Waals surface area contributed by atoms with E-state index in [1.54, 1.807) is 26.1 Å². The van der Waals surface area contributed by atoms with Gasteiger partial charge in [-0.3, -0.25) is 9.48 Å². The van der Waals surface area contributed by atoms with E-state index < -0.39 is 5.82 Å². The number of nitrogens with zero attached hydrogens (tertiary/aromatic N) is 4. The van der Waals surface area contributed by atoms with Crippen LogP contribution in [-0.2, 0) is 19.9 Å². The van der Waals surface area contributed by atoms with Gasteiger partial charge in [0, 0.05) is 18.5 Å². The number of carbonyl (C=O) groups excluding carboxylic acids is 1. The van der Waals surface area contributed by atoms with E-state index >= 15 is 0 Å². The van der Waals surface area contributed by atoms with Gasteiger partial charge in [0.05, 0.1) is 28.9 Å². The van der Waals surface area contributed by atoms with Crippen LogP contribution >= 0.6 is 22.9 Å². The van der Waals surface area contributed by atoms with Gasteiger partial charge in [-0.2, -0.15) is 10.4 Å². The zero-order valence-electron chi connectivity index (χ0n) is 14.6. The number of anilines is 1. The van der Waals surface area contributed by atoms with Crippen molar-refractivity contribution in [1.29, 1.82) is 5.26 Å². The van der Waals surface area contributed by atoms with E-state index in [9.17, 15) is 9.18 Å². The summed E-state index contributed by atoms with van der Waals surface area (Å²) in [5, 5.41) is 17.4. The maximum absolute atomic E-state index is 13.5. The summed E-state index contributed by atoms with van der Waals surface area (Å²) in [4.78, 5) is 17.0. The molecule has 0 bridgehead atoms. The predicted molar refractivity (Wildman–Crippen MR) is 102 cm³/mol. The van der Waals surface area contributed by atoms with Gasteiger partial charge >= 0.3 is 0 Å². The molecule has 6 nitrogen and oxygen atoms in total. The van der Waals surface area contributed by atoms with Crippen LogP contribution in [0.5, 0.6) is 0 Å². The third kappa shape index (κ3) is 4.51. The van der Waals surface area contributed by atoms with Crippen LogP contribution in [0.2, 0.25) is 5.02 Å². The lowest BCUT2D eigenvalue weighted by Gasteiger charge is -2.03. The van der Waals surface area contributed by atoms with Crippen LogP contribution in [0.3, 0.4) is 0 Å². The van der Waals surface area contributed by atoms with Crippen molar-refractivity contribution in [3.8, 4) is 6.07 Å². The molecule has 138 valence electrons. The monoisotopic (exact) mass is 403 g/mol. The van der Waals surface area contributed by atoms with Crippen molar-refractivity contribution in [2.75, 3.05) is 5.32 Å². The SMILES string of the molecule is Cc1nc(Cc2cc(F)cc(Cl)c2)sc1NC(=O)c1cc(CC#N)nn1C. The van der Waals surface area contributed by atoms with E-state index in [-0.39, 0.29) is 12.3 Å². The van der Waals surface area contributed by atoms with Gasteiger partial charge < -0.3 is 5.32 Å². The van der Waals surface area contributed by atoms with Gasteiger partial charge in [-0.15, -0.1) is 11.3 Å². The molecule has 9 heteroatoms. The van der Waals surface area contributed by atoms with Crippen molar-refractivity contribution in [1.82, 2.24) is 14.8 Å². The number of nitriles is 1. The van der Waals surface area contributed by atoms with Crippen molar-refractivity contribution in [2.24, 2.45) is 7.05 Å². The number of halogens is 2. The Balaban J connectivity index is 1.76.